The highest BCUT2D eigenvalue weighted by atomic mass is 35.5. The first-order valence-electron chi connectivity index (χ1n) is 7.05. The average molecular weight is 364 g/mol. The molecule has 0 aliphatic carbocycles. The molecule has 0 saturated carbocycles. The number of aromatic nitrogens is 1. The second-order valence-electron chi connectivity index (χ2n) is 4.82. The number of aliphatic imine (C=N–C) groups is 1. The van der Waals surface area contributed by atoms with Crippen LogP contribution in [0.3, 0.4) is 0 Å². The lowest BCUT2D eigenvalue weighted by atomic mass is 10.1. The van der Waals surface area contributed by atoms with Crippen LogP contribution in [0, 0.1) is 0 Å². The predicted octanol–water partition coefficient (Wildman–Crippen LogP) is 4.81. The Morgan fingerprint density at radius 3 is 2.70 bits per heavy atom. The lowest BCUT2D eigenvalue weighted by Crippen LogP contribution is -2.28. The van der Waals surface area contributed by atoms with Gasteiger partial charge < -0.3 is 0 Å². The summed E-state index contributed by atoms with van der Waals surface area (Å²) in [4.78, 5) is 23.7. The lowest BCUT2D eigenvalue weighted by molar-refractivity contribution is -0.122. The molecule has 1 aromatic heterocycles. The third kappa shape index (κ3) is 3.34. The van der Waals surface area contributed by atoms with E-state index in [1.54, 1.807) is 11.1 Å². The summed E-state index contributed by atoms with van der Waals surface area (Å²) in [6.07, 6.45) is 1.71. The van der Waals surface area contributed by atoms with Crippen LogP contribution < -0.4 is 0 Å². The van der Waals surface area contributed by atoms with E-state index in [2.05, 4.69) is 9.98 Å². The van der Waals surface area contributed by atoms with Crippen molar-refractivity contribution in [3.05, 3.63) is 51.3 Å². The van der Waals surface area contributed by atoms with Crippen LogP contribution in [0.15, 0.2) is 45.7 Å². The number of hydrogen-bond donors (Lipinski definition) is 0. The zero-order valence-electron chi connectivity index (χ0n) is 12.6. The summed E-state index contributed by atoms with van der Waals surface area (Å²) in [5.74, 6) is -0.0137. The number of carbonyl (C=O) groups is 1. The number of rotatable bonds is 3. The van der Waals surface area contributed by atoms with Crippen molar-refractivity contribution in [2.24, 2.45) is 4.99 Å². The van der Waals surface area contributed by atoms with Crippen molar-refractivity contribution in [1.82, 2.24) is 9.88 Å². The number of amides is 1. The number of allylic oxidation sites excluding steroid dienone is 1. The number of amidine groups is 1. The van der Waals surface area contributed by atoms with Crippen LogP contribution in [0.2, 0.25) is 5.02 Å². The highest BCUT2D eigenvalue weighted by Crippen LogP contribution is 2.37. The van der Waals surface area contributed by atoms with Gasteiger partial charge in [-0.05, 0) is 48.9 Å². The third-order valence-electron chi connectivity index (χ3n) is 3.41. The smallest absolute Gasteiger partial charge is 0.267 e. The minimum absolute atomic E-state index is 0.0137. The van der Waals surface area contributed by atoms with E-state index in [1.165, 1.54) is 23.1 Å². The van der Waals surface area contributed by atoms with Gasteiger partial charge in [-0.2, -0.15) is 4.99 Å². The summed E-state index contributed by atoms with van der Waals surface area (Å²) in [5.41, 5.74) is 1.91. The topological polar surface area (TPSA) is 45.6 Å². The van der Waals surface area contributed by atoms with Crippen molar-refractivity contribution >= 4 is 56.5 Å². The molecule has 1 saturated heterocycles. The number of carbonyl (C=O) groups excluding carboxylic acids is 1. The molecule has 1 aliphatic rings. The Kier molecular flexibility index (Phi) is 4.84. The Balaban J connectivity index is 1.99. The Labute approximate surface area is 147 Å². The first-order chi connectivity index (χ1) is 11.1. The van der Waals surface area contributed by atoms with Crippen molar-refractivity contribution in [2.75, 3.05) is 6.54 Å². The maximum Gasteiger partial charge on any atom is 0.267 e. The summed E-state index contributed by atoms with van der Waals surface area (Å²) in [6, 6.07) is 7.50. The van der Waals surface area contributed by atoms with Gasteiger partial charge in [-0.3, -0.25) is 9.69 Å². The number of halogens is 1. The van der Waals surface area contributed by atoms with Gasteiger partial charge in [-0.1, -0.05) is 23.7 Å². The molecular weight excluding hydrogens is 350 g/mol. The molecule has 0 radical (unpaired) electrons. The molecule has 3 rings (SSSR count). The van der Waals surface area contributed by atoms with Gasteiger partial charge >= 0.3 is 0 Å². The van der Waals surface area contributed by atoms with Gasteiger partial charge in [0.2, 0.25) is 5.13 Å². The molecule has 0 N–H and O–H groups in total. The largest absolute Gasteiger partial charge is 0.287 e. The molecule has 4 nitrogen and oxygen atoms in total. The van der Waals surface area contributed by atoms with Gasteiger partial charge in [0.1, 0.15) is 0 Å². The highest BCUT2D eigenvalue weighted by Gasteiger charge is 2.34. The van der Waals surface area contributed by atoms with E-state index >= 15 is 0 Å². The molecule has 0 atom stereocenters. The van der Waals surface area contributed by atoms with E-state index in [9.17, 15) is 4.79 Å². The summed E-state index contributed by atoms with van der Waals surface area (Å²) < 4.78 is 0. The van der Waals surface area contributed by atoms with Gasteiger partial charge in [0.15, 0.2) is 5.17 Å². The molecule has 1 amide bonds. The van der Waals surface area contributed by atoms with Crippen molar-refractivity contribution < 1.29 is 4.79 Å². The van der Waals surface area contributed by atoms with Crippen molar-refractivity contribution in [2.45, 2.75) is 13.8 Å². The molecule has 118 valence electrons. The second-order valence-corrected chi connectivity index (χ2v) is 7.11. The van der Waals surface area contributed by atoms with Gasteiger partial charge in [-0.25, -0.2) is 4.98 Å². The van der Waals surface area contributed by atoms with Gasteiger partial charge in [-0.15, -0.1) is 11.3 Å². The number of benzene rings is 1. The molecule has 1 aliphatic heterocycles. The Morgan fingerprint density at radius 2 is 2.09 bits per heavy atom. The molecule has 23 heavy (non-hydrogen) atoms. The molecule has 0 bridgehead atoms. The minimum Gasteiger partial charge on any atom is -0.287 e. The van der Waals surface area contributed by atoms with Crippen LogP contribution in [0.4, 0.5) is 5.13 Å². The fraction of sp³-hybridized carbons (Fsp3) is 0.188. The normalized spacial score (nSPS) is 18.8. The number of likely N-dealkylation sites (N-methyl/N-ethyl adjacent to an activating group) is 1. The fourth-order valence-corrected chi connectivity index (χ4v) is 3.98. The molecule has 2 heterocycles. The van der Waals surface area contributed by atoms with Crippen LogP contribution in [0.5, 0.6) is 0 Å². The number of nitrogens with zero attached hydrogens (tertiary/aromatic N) is 3. The van der Waals surface area contributed by atoms with Crippen molar-refractivity contribution in [3.8, 4) is 0 Å². The van der Waals surface area contributed by atoms with Crippen LogP contribution in [-0.4, -0.2) is 27.5 Å². The molecule has 0 spiro atoms. The summed E-state index contributed by atoms with van der Waals surface area (Å²) >= 11 is 8.78. The number of thiazole rings is 1. The van der Waals surface area contributed by atoms with Crippen LogP contribution in [0.25, 0.3) is 5.57 Å². The Hall–Kier alpha value is -1.63. The van der Waals surface area contributed by atoms with E-state index in [1.807, 2.05) is 43.5 Å². The van der Waals surface area contributed by atoms with Crippen LogP contribution in [0.1, 0.15) is 19.4 Å². The first-order valence-corrected chi connectivity index (χ1v) is 9.12. The second kappa shape index (κ2) is 6.86. The van der Waals surface area contributed by atoms with E-state index < -0.39 is 0 Å². The van der Waals surface area contributed by atoms with Crippen molar-refractivity contribution in [1.29, 1.82) is 0 Å². The highest BCUT2D eigenvalue weighted by molar-refractivity contribution is 8.18. The SMILES string of the molecule is CCN1C(=O)/C(=C(\C)c2ccc(Cl)cc2)S/C1=N/c1nccs1. The number of thioether (sulfide) groups is 1. The lowest BCUT2D eigenvalue weighted by Gasteiger charge is -2.11. The molecule has 7 heteroatoms. The predicted molar refractivity (Wildman–Crippen MR) is 98.2 cm³/mol. The van der Waals surface area contributed by atoms with E-state index in [0.717, 1.165) is 11.1 Å². The van der Waals surface area contributed by atoms with Gasteiger partial charge in [0.25, 0.3) is 5.91 Å². The monoisotopic (exact) mass is 363 g/mol. The molecule has 0 unspecified atom stereocenters. The van der Waals surface area contributed by atoms with E-state index in [0.29, 0.717) is 26.8 Å². The fourth-order valence-electron chi connectivity index (χ4n) is 2.18. The molecule has 2 aromatic rings. The maximum atomic E-state index is 12.7. The van der Waals surface area contributed by atoms with E-state index in [-0.39, 0.29) is 5.91 Å². The summed E-state index contributed by atoms with van der Waals surface area (Å²) in [7, 11) is 0. The number of hydrogen-bond acceptors (Lipinski definition) is 5. The minimum atomic E-state index is -0.0137. The molecule has 1 aromatic carbocycles. The molecule has 1 fully saturated rings. The van der Waals surface area contributed by atoms with Gasteiger partial charge in [0.05, 0.1) is 4.91 Å². The maximum absolute atomic E-state index is 12.7. The van der Waals surface area contributed by atoms with Crippen LogP contribution >= 0.6 is 34.7 Å². The summed E-state index contributed by atoms with van der Waals surface area (Å²) in [6.45, 7) is 4.47. The third-order valence-corrected chi connectivity index (χ3v) is 5.50. The van der Waals surface area contributed by atoms with Gasteiger partial charge in [0, 0.05) is 23.1 Å². The average Bonchev–Trinajstić information content (AvgIpc) is 3.16. The zero-order valence-corrected chi connectivity index (χ0v) is 15.0. The van der Waals surface area contributed by atoms with E-state index in [4.69, 9.17) is 11.6 Å². The summed E-state index contributed by atoms with van der Waals surface area (Å²) in [5, 5.41) is 3.88. The standard InChI is InChI=1S/C16H14ClN3OS2/c1-3-20-14(21)13(10(2)11-4-6-12(17)7-5-11)23-16(20)19-15-18-8-9-22-15/h4-9H,3H2,1-2H3/b13-10-,19-16+. The molecular formula is C16H14ClN3OS2. The first kappa shape index (κ1) is 16.2. The Bertz CT molecular complexity index is 782. The van der Waals surface area contributed by atoms with Crippen molar-refractivity contribution in [3.63, 3.8) is 0 Å². The van der Waals surface area contributed by atoms with Crippen LogP contribution in [-0.2, 0) is 4.79 Å². The quantitative estimate of drug-likeness (QED) is 0.735. The Morgan fingerprint density at radius 1 is 1.35 bits per heavy atom. The zero-order chi connectivity index (χ0) is 16.4.